The minimum atomic E-state index is -0.120. The second kappa shape index (κ2) is 9.22. The van der Waals surface area contributed by atoms with E-state index in [1.165, 1.54) is 4.90 Å². The lowest BCUT2D eigenvalue weighted by Crippen LogP contribution is -2.33. The Bertz CT molecular complexity index is 396. The molecule has 0 aliphatic rings. The van der Waals surface area contributed by atoms with Gasteiger partial charge in [-0.2, -0.15) is 0 Å². The van der Waals surface area contributed by atoms with Crippen molar-refractivity contribution >= 4 is 29.9 Å². The third kappa shape index (κ3) is 7.31. The number of rotatable bonds is 6. The van der Waals surface area contributed by atoms with Gasteiger partial charge in [0.05, 0.1) is 6.54 Å². The van der Waals surface area contributed by atoms with Gasteiger partial charge in [-0.3, -0.25) is 9.59 Å². The molecule has 1 aromatic carbocycles. The molecule has 5 nitrogen and oxygen atoms in total. The topological polar surface area (TPSA) is 61.4 Å². The average molecular weight is 286 g/mol. The van der Waals surface area contributed by atoms with Crippen molar-refractivity contribution in [3.8, 4) is 0 Å². The van der Waals surface area contributed by atoms with Crippen LogP contribution in [0.25, 0.3) is 0 Å². The number of halogens is 1. The van der Waals surface area contributed by atoms with E-state index in [-0.39, 0.29) is 30.8 Å². The molecule has 1 aromatic rings. The van der Waals surface area contributed by atoms with Gasteiger partial charge in [0.1, 0.15) is 0 Å². The van der Waals surface area contributed by atoms with E-state index in [0.717, 1.165) is 5.69 Å². The van der Waals surface area contributed by atoms with E-state index in [4.69, 9.17) is 0 Å². The van der Waals surface area contributed by atoms with Gasteiger partial charge in [0.2, 0.25) is 11.8 Å². The van der Waals surface area contributed by atoms with Crippen LogP contribution < -0.4 is 10.6 Å². The number of anilines is 1. The highest BCUT2D eigenvalue weighted by molar-refractivity contribution is 5.85. The second-order valence-electron chi connectivity index (χ2n) is 4.11. The zero-order valence-corrected chi connectivity index (χ0v) is 12.0. The van der Waals surface area contributed by atoms with Crippen molar-refractivity contribution in [1.82, 2.24) is 10.2 Å². The number of hydrogen-bond acceptors (Lipinski definition) is 3. The molecule has 0 spiro atoms. The summed E-state index contributed by atoms with van der Waals surface area (Å²) in [5.74, 6) is -0.114. The van der Waals surface area contributed by atoms with E-state index in [1.807, 2.05) is 30.3 Å². The first-order valence-corrected chi connectivity index (χ1v) is 5.85. The van der Waals surface area contributed by atoms with Crippen molar-refractivity contribution in [3.05, 3.63) is 30.3 Å². The fraction of sp³-hybridized carbons (Fsp3) is 0.385. The summed E-state index contributed by atoms with van der Waals surface area (Å²) in [6.45, 7) is 0.576. The molecule has 19 heavy (non-hydrogen) atoms. The molecule has 0 atom stereocenters. The molecule has 0 aliphatic heterocycles. The highest BCUT2D eigenvalue weighted by Gasteiger charge is 2.05. The van der Waals surface area contributed by atoms with Gasteiger partial charge in [-0.15, -0.1) is 12.4 Å². The average Bonchev–Trinajstić information content (AvgIpc) is 2.37. The predicted octanol–water partition coefficient (Wildman–Crippen LogP) is 1.11. The van der Waals surface area contributed by atoms with Crippen LogP contribution in [0, 0.1) is 0 Å². The molecule has 2 N–H and O–H groups in total. The highest BCUT2D eigenvalue weighted by atomic mass is 35.5. The van der Waals surface area contributed by atoms with Gasteiger partial charge in [-0.25, -0.2) is 0 Å². The SMILES string of the molecule is CN(C)C(=O)CCNC(=O)CNc1ccccc1.Cl. The Kier molecular flexibility index (Phi) is 8.37. The molecule has 0 aliphatic carbocycles. The zero-order chi connectivity index (χ0) is 13.4. The first kappa shape index (κ1) is 17.2. The standard InChI is InChI=1S/C13H19N3O2.ClH/c1-16(2)13(18)8-9-14-12(17)10-15-11-6-4-3-5-7-11;/h3-7,15H,8-10H2,1-2H3,(H,14,17);1H. The monoisotopic (exact) mass is 285 g/mol. The van der Waals surface area contributed by atoms with E-state index in [2.05, 4.69) is 10.6 Å². The van der Waals surface area contributed by atoms with Crippen molar-refractivity contribution in [1.29, 1.82) is 0 Å². The fourth-order valence-electron chi connectivity index (χ4n) is 1.33. The summed E-state index contributed by atoms with van der Waals surface area (Å²) < 4.78 is 0. The molecule has 6 heteroatoms. The molecule has 0 aromatic heterocycles. The molecule has 2 amide bonds. The Balaban J connectivity index is 0.00000324. The second-order valence-corrected chi connectivity index (χ2v) is 4.11. The van der Waals surface area contributed by atoms with Crippen LogP contribution in [0.4, 0.5) is 5.69 Å². The van der Waals surface area contributed by atoms with Gasteiger partial charge in [0.25, 0.3) is 0 Å². The van der Waals surface area contributed by atoms with Gasteiger partial charge >= 0.3 is 0 Å². The van der Waals surface area contributed by atoms with Crippen molar-refractivity contribution in [2.75, 3.05) is 32.5 Å². The van der Waals surface area contributed by atoms with Crippen LogP contribution in [-0.2, 0) is 9.59 Å². The van der Waals surface area contributed by atoms with Crippen LogP contribution in [-0.4, -0.2) is 43.9 Å². The molecular formula is C13H20ClN3O2. The number of nitrogens with one attached hydrogen (secondary N) is 2. The van der Waals surface area contributed by atoms with Crippen molar-refractivity contribution < 1.29 is 9.59 Å². The summed E-state index contributed by atoms with van der Waals surface area (Å²) in [5, 5.41) is 5.69. The number of para-hydroxylation sites is 1. The van der Waals surface area contributed by atoms with Crippen LogP contribution in [0.2, 0.25) is 0 Å². The van der Waals surface area contributed by atoms with E-state index in [0.29, 0.717) is 13.0 Å². The maximum atomic E-state index is 11.5. The molecule has 106 valence electrons. The van der Waals surface area contributed by atoms with Gasteiger partial charge in [0, 0.05) is 32.7 Å². The molecule has 0 bridgehead atoms. The van der Waals surface area contributed by atoms with Crippen molar-refractivity contribution in [3.63, 3.8) is 0 Å². The summed E-state index contributed by atoms with van der Waals surface area (Å²) in [5.41, 5.74) is 0.900. The Morgan fingerprint density at radius 2 is 1.79 bits per heavy atom. The third-order valence-corrected chi connectivity index (χ3v) is 2.39. The summed E-state index contributed by atoms with van der Waals surface area (Å²) in [6, 6.07) is 9.50. The van der Waals surface area contributed by atoms with E-state index in [1.54, 1.807) is 14.1 Å². The first-order chi connectivity index (χ1) is 8.59. The molecule has 0 radical (unpaired) electrons. The largest absolute Gasteiger partial charge is 0.376 e. The van der Waals surface area contributed by atoms with Gasteiger partial charge in [0.15, 0.2) is 0 Å². The van der Waals surface area contributed by atoms with Crippen LogP contribution in [0.5, 0.6) is 0 Å². The molecule has 0 fully saturated rings. The van der Waals surface area contributed by atoms with Crippen molar-refractivity contribution in [2.45, 2.75) is 6.42 Å². The Morgan fingerprint density at radius 1 is 1.16 bits per heavy atom. The molecule has 0 heterocycles. The van der Waals surface area contributed by atoms with Crippen LogP contribution >= 0.6 is 12.4 Å². The van der Waals surface area contributed by atoms with Crippen LogP contribution in [0.1, 0.15) is 6.42 Å². The molecule has 0 saturated carbocycles. The summed E-state index contributed by atoms with van der Waals surface area (Å²) in [6.07, 6.45) is 0.323. The highest BCUT2D eigenvalue weighted by Crippen LogP contribution is 2.03. The Labute approximate surface area is 119 Å². The Morgan fingerprint density at radius 3 is 2.37 bits per heavy atom. The quantitative estimate of drug-likeness (QED) is 0.823. The number of benzene rings is 1. The van der Waals surface area contributed by atoms with E-state index < -0.39 is 0 Å². The normalized spacial score (nSPS) is 9.16. The molecule has 1 rings (SSSR count). The lowest BCUT2D eigenvalue weighted by atomic mass is 10.3. The fourth-order valence-corrected chi connectivity index (χ4v) is 1.33. The number of amides is 2. The number of hydrogen-bond donors (Lipinski definition) is 2. The summed E-state index contributed by atoms with van der Waals surface area (Å²) in [7, 11) is 3.39. The lowest BCUT2D eigenvalue weighted by molar-refractivity contribution is -0.128. The first-order valence-electron chi connectivity index (χ1n) is 5.85. The van der Waals surface area contributed by atoms with E-state index >= 15 is 0 Å². The smallest absolute Gasteiger partial charge is 0.239 e. The number of carbonyl (C=O) groups is 2. The van der Waals surface area contributed by atoms with Crippen LogP contribution in [0.15, 0.2) is 30.3 Å². The molecule has 0 saturated heterocycles. The minimum Gasteiger partial charge on any atom is -0.376 e. The number of carbonyl (C=O) groups excluding carboxylic acids is 2. The van der Waals surface area contributed by atoms with Crippen molar-refractivity contribution in [2.24, 2.45) is 0 Å². The van der Waals surface area contributed by atoms with Gasteiger partial charge in [-0.1, -0.05) is 18.2 Å². The maximum absolute atomic E-state index is 11.5. The number of nitrogens with zero attached hydrogens (tertiary/aromatic N) is 1. The van der Waals surface area contributed by atoms with Gasteiger partial charge in [-0.05, 0) is 12.1 Å². The molecule has 0 unspecified atom stereocenters. The van der Waals surface area contributed by atoms with E-state index in [9.17, 15) is 9.59 Å². The third-order valence-electron chi connectivity index (χ3n) is 2.39. The Hall–Kier alpha value is -1.75. The summed E-state index contributed by atoms with van der Waals surface area (Å²) in [4.78, 5) is 24.2. The maximum Gasteiger partial charge on any atom is 0.239 e. The predicted molar refractivity (Wildman–Crippen MR) is 78.5 cm³/mol. The molecular weight excluding hydrogens is 266 g/mol. The zero-order valence-electron chi connectivity index (χ0n) is 11.2. The minimum absolute atomic E-state index is 0. The lowest BCUT2D eigenvalue weighted by Gasteiger charge is -2.11. The summed E-state index contributed by atoms with van der Waals surface area (Å²) >= 11 is 0. The van der Waals surface area contributed by atoms with Crippen LogP contribution in [0.3, 0.4) is 0 Å². The van der Waals surface area contributed by atoms with Gasteiger partial charge < -0.3 is 15.5 Å².